The van der Waals surface area contributed by atoms with Crippen molar-refractivity contribution in [1.29, 1.82) is 0 Å². The summed E-state index contributed by atoms with van der Waals surface area (Å²) in [7, 11) is 1.33. The van der Waals surface area contributed by atoms with Gasteiger partial charge in [0.1, 0.15) is 6.10 Å². The second kappa shape index (κ2) is 6.70. The number of methoxy groups -OCH3 is 1. The quantitative estimate of drug-likeness (QED) is 0.489. The third kappa shape index (κ3) is 3.22. The maximum absolute atomic E-state index is 12.3. The van der Waals surface area contributed by atoms with E-state index in [0.29, 0.717) is 6.42 Å². The van der Waals surface area contributed by atoms with Gasteiger partial charge in [0, 0.05) is 18.6 Å². The molecule has 2 aromatic rings. The third-order valence-electron chi connectivity index (χ3n) is 4.19. The molecule has 2 aromatic carbocycles. The number of benzene rings is 2. The second-order valence-electron chi connectivity index (χ2n) is 5.68. The number of carbonyl (C=O) groups is 1. The highest BCUT2D eigenvalue weighted by molar-refractivity contribution is 5.90. The van der Waals surface area contributed by atoms with Gasteiger partial charge in [-0.05, 0) is 30.0 Å². The van der Waals surface area contributed by atoms with Gasteiger partial charge in [0.05, 0.1) is 17.6 Å². The fourth-order valence-electron chi connectivity index (χ4n) is 2.94. The van der Waals surface area contributed by atoms with Crippen molar-refractivity contribution in [2.75, 3.05) is 7.11 Å². The van der Waals surface area contributed by atoms with E-state index in [4.69, 9.17) is 9.47 Å². The van der Waals surface area contributed by atoms with Crippen LogP contribution in [0.3, 0.4) is 0 Å². The lowest BCUT2D eigenvalue weighted by atomic mass is 9.90. The number of nitro groups is 1. The number of rotatable bonds is 4. The van der Waals surface area contributed by atoms with Gasteiger partial charge in [-0.25, -0.2) is 4.79 Å². The fraction of sp³-hybridized carbons (Fsp3) is 0.278. The van der Waals surface area contributed by atoms with E-state index >= 15 is 0 Å². The van der Waals surface area contributed by atoms with Crippen molar-refractivity contribution in [1.82, 2.24) is 0 Å². The Labute approximate surface area is 139 Å². The van der Waals surface area contributed by atoms with E-state index in [9.17, 15) is 14.9 Å². The van der Waals surface area contributed by atoms with E-state index in [1.165, 1.54) is 36.4 Å². The lowest BCUT2D eigenvalue weighted by Crippen LogP contribution is -2.25. The highest BCUT2D eigenvalue weighted by Gasteiger charge is 2.24. The lowest BCUT2D eigenvalue weighted by Gasteiger charge is -2.24. The first kappa shape index (κ1) is 16.0. The molecular weight excluding hydrogens is 310 g/mol. The number of ether oxygens (including phenoxy) is 2. The molecule has 1 unspecified atom stereocenters. The molecule has 1 aliphatic rings. The fourth-order valence-corrected chi connectivity index (χ4v) is 2.94. The van der Waals surface area contributed by atoms with E-state index < -0.39 is 10.9 Å². The first-order valence-electron chi connectivity index (χ1n) is 7.68. The molecule has 1 atom stereocenters. The Kier molecular flexibility index (Phi) is 4.46. The van der Waals surface area contributed by atoms with Gasteiger partial charge >= 0.3 is 11.7 Å². The van der Waals surface area contributed by atoms with Crippen LogP contribution in [0.4, 0.5) is 5.69 Å². The molecule has 6 heteroatoms. The zero-order valence-electron chi connectivity index (χ0n) is 13.2. The number of hydrogen-bond acceptors (Lipinski definition) is 5. The minimum Gasteiger partial charge on any atom is -0.490 e. The van der Waals surface area contributed by atoms with E-state index in [2.05, 4.69) is 6.07 Å². The standard InChI is InChI=1S/C18H17NO5/c1-23-17-11-14(7-9-16(17)19(21)22)18(20)24-15-8-6-12-4-2-3-5-13(12)10-15/h2-5,7,9,11,15H,6,8,10H2,1H3. The number of hydrogen-bond donors (Lipinski definition) is 0. The molecule has 0 aromatic heterocycles. The van der Waals surface area contributed by atoms with Gasteiger partial charge in [-0.1, -0.05) is 24.3 Å². The van der Waals surface area contributed by atoms with Crippen LogP contribution >= 0.6 is 0 Å². The minimum absolute atomic E-state index is 0.0449. The maximum Gasteiger partial charge on any atom is 0.338 e. The molecule has 0 fully saturated rings. The van der Waals surface area contributed by atoms with Crippen molar-refractivity contribution in [2.24, 2.45) is 0 Å². The van der Waals surface area contributed by atoms with Crippen molar-refractivity contribution in [3.05, 3.63) is 69.3 Å². The van der Waals surface area contributed by atoms with Crippen LogP contribution in [0.2, 0.25) is 0 Å². The summed E-state index contributed by atoms with van der Waals surface area (Å²) >= 11 is 0. The monoisotopic (exact) mass is 327 g/mol. The zero-order valence-corrected chi connectivity index (χ0v) is 13.2. The van der Waals surface area contributed by atoms with E-state index in [1.807, 2.05) is 18.2 Å². The average molecular weight is 327 g/mol. The van der Waals surface area contributed by atoms with Gasteiger partial charge in [0.2, 0.25) is 0 Å². The molecule has 0 N–H and O–H groups in total. The highest BCUT2D eigenvalue weighted by atomic mass is 16.6. The molecule has 0 amide bonds. The van der Waals surface area contributed by atoms with Crippen LogP contribution in [0.25, 0.3) is 0 Å². The summed E-state index contributed by atoms with van der Waals surface area (Å²) in [6.07, 6.45) is 2.14. The minimum atomic E-state index is -0.550. The largest absolute Gasteiger partial charge is 0.490 e. The smallest absolute Gasteiger partial charge is 0.338 e. The number of nitrogens with zero attached hydrogens (tertiary/aromatic N) is 1. The van der Waals surface area contributed by atoms with Crippen LogP contribution in [-0.2, 0) is 17.6 Å². The summed E-state index contributed by atoms with van der Waals surface area (Å²) < 4.78 is 10.6. The van der Waals surface area contributed by atoms with Crippen molar-refractivity contribution in [3.8, 4) is 5.75 Å². The topological polar surface area (TPSA) is 78.7 Å². The summed E-state index contributed by atoms with van der Waals surface area (Å²) in [6.45, 7) is 0. The lowest BCUT2D eigenvalue weighted by molar-refractivity contribution is -0.385. The summed E-state index contributed by atoms with van der Waals surface area (Å²) in [6, 6.07) is 12.1. The number of aryl methyl sites for hydroxylation is 1. The summed E-state index contributed by atoms with van der Waals surface area (Å²) in [5, 5.41) is 10.9. The van der Waals surface area contributed by atoms with Gasteiger partial charge in [-0.3, -0.25) is 10.1 Å². The summed E-state index contributed by atoms with van der Waals surface area (Å²) in [5.41, 5.74) is 2.56. The second-order valence-corrected chi connectivity index (χ2v) is 5.68. The summed E-state index contributed by atoms with van der Waals surface area (Å²) in [4.78, 5) is 22.7. The van der Waals surface area contributed by atoms with Gasteiger partial charge in [-0.2, -0.15) is 0 Å². The van der Waals surface area contributed by atoms with Crippen LogP contribution in [0.1, 0.15) is 27.9 Å². The Morgan fingerprint density at radius 3 is 2.67 bits per heavy atom. The Morgan fingerprint density at radius 2 is 1.96 bits per heavy atom. The molecule has 124 valence electrons. The van der Waals surface area contributed by atoms with Crippen LogP contribution in [0.5, 0.6) is 5.75 Å². The first-order chi connectivity index (χ1) is 11.6. The van der Waals surface area contributed by atoms with Gasteiger partial charge in [0.15, 0.2) is 5.75 Å². The molecule has 0 saturated carbocycles. The SMILES string of the molecule is COc1cc(C(=O)OC2CCc3ccccc3C2)ccc1[N+](=O)[O-]. The van der Waals surface area contributed by atoms with Crippen molar-refractivity contribution in [2.45, 2.75) is 25.4 Å². The van der Waals surface area contributed by atoms with Crippen LogP contribution in [-0.4, -0.2) is 24.1 Å². The molecule has 0 radical (unpaired) electrons. The molecule has 0 heterocycles. The van der Waals surface area contributed by atoms with Crippen LogP contribution < -0.4 is 4.74 Å². The van der Waals surface area contributed by atoms with Crippen molar-refractivity contribution in [3.63, 3.8) is 0 Å². The third-order valence-corrected chi connectivity index (χ3v) is 4.19. The predicted molar refractivity (Wildman–Crippen MR) is 87.3 cm³/mol. The normalized spacial score (nSPS) is 16.1. The molecule has 1 aliphatic carbocycles. The molecule has 0 saturated heterocycles. The van der Waals surface area contributed by atoms with E-state index in [1.54, 1.807) is 0 Å². The Morgan fingerprint density at radius 1 is 1.21 bits per heavy atom. The Balaban J connectivity index is 1.73. The Hall–Kier alpha value is -2.89. The number of carbonyl (C=O) groups excluding carboxylic acids is 1. The number of nitro benzene ring substituents is 1. The Bertz CT molecular complexity index is 787. The molecule has 0 spiro atoms. The molecule has 3 rings (SSSR count). The molecule has 0 bridgehead atoms. The van der Waals surface area contributed by atoms with E-state index in [-0.39, 0.29) is 23.1 Å². The number of fused-ring (bicyclic) bond motifs is 1. The molecule has 6 nitrogen and oxygen atoms in total. The van der Waals surface area contributed by atoms with Crippen LogP contribution in [0, 0.1) is 10.1 Å². The molecular formula is C18H17NO5. The van der Waals surface area contributed by atoms with Gasteiger partial charge < -0.3 is 9.47 Å². The average Bonchev–Trinajstić information content (AvgIpc) is 2.60. The van der Waals surface area contributed by atoms with E-state index in [0.717, 1.165) is 12.8 Å². The predicted octanol–water partition coefficient (Wildman–Crippen LogP) is 3.32. The molecule has 0 aliphatic heterocycles. The maximum atomic E-state index is 12.3. The molecule has 24 heavy (non-hydrogen) atoms. The highest BCUT2D eigenvalue weighted by Crippen LogP contribution is 2.29. The number of esters is 1. The van der Waals surface area contributed by atoms with Gasteiger partial charge in [-0.15, -0.1) is 0 Å². The van der Waals surface area contributed by atoms with Crippen molar-refractivity contribution < 1.29 is 19.2 Å². The van der Waals surface area contributed by atoms with Gasteiger partial charge in [0.25, 0.3) is 0 Å². The summed E-state index contributed by atoms with van der Waals surface area (Å²) in [5.74, 6) is -0.448. The van der Waals surface area contributed by atoms with Crippen molar-refractivity contribution >= 4 is 11.7 Å². The van der Waals surface area contributed by atoms with Crippen LogP contribution in [0.15, 0.2) is 42.5 Å². The first-order valence-corrected chi connectivity index (χ1v) is 7.68. The zero-order chi connectivity index (χ0) is 17.1.